The van der Waals surface area contributed by atoms with Gasteiger partial charge in [-0.3, -0.25) is 4.79 Å². The smallest absolute Gasteiger partial charge is 0.230 e. The number of aryl methyl sites for hydroxylation is 2. The maximum atomic E-state index is 12.9. The van der Waals surface area contributed by atoms with Crippen LogP contribution in [0.25, 0.3) is 0 Å². The van der Waals surface area contributed by atoms with E-state index >= 15 is 0 Å². The second-order valence-corrected chi connectivity index (χ2v) is 7.90. The Labute approximate surface area is 153 Å². The van der Waals surface area contributed by atoms with E-state index in [1.54, 1.807) is 6.33 Å². The van der Waals surface area contributed by atoms with Crippen LogP contribution in [0.2, 0.25) is 0 Å². The molecule has 138 valence electrons. The maximum absolute atomic E-state index is 12.9. The van der Waals surface area contributed by atoms with Crippen molar-refractivity contribution in [2.75, 3.05) is 6.54 Å². The zero-order valence-electron chi connectivity index (χ0n) is 15.4. The Bertz CT molecular complexity index is 812. The summed E-state index contributed by atoms with van der Waals surface area (Å²) in [4.78, 5) is 12.9. The molecule has 0 radical (unpaired) electrons. The van der Waals surface area contributed by atoms with Crippen molar-refractivity contribution in [3.63, 3.8) is 0 Å². The number of hydrogen-bond donors (Lipinski definition) is 2. The molecule has 0 bridgehead atoms. The highest BCUT2D eigenvalue weighted by atomic mass is 16.3. The summed E-state index contributed by atoms with van der Waals surface area (Å²) in [7, 11) is 1.93. The molecular weight excluding hydrogens is 328 g/mol. The molecule has 2 saturated carbocycles. The van der Waals surface area contributed by atoms with Crippen molar-refractivity contribution in [2.24, 2.45) is 13.0 Å². The number of carbonyl (C=O) groups is 1. The van der Waals surface area contributed by atoms with Crippen LogP contribution < -0.4 is 5.32 Å². The van der Waals surface area contributed by atoms with Crippen LogP contribution in [0, 0.1) is 12.8 Å². The van der Waals surface area contributed by atoms with Crippen LogP contribution in [0.3, 0.4) is 0 Å². The highest BCUT2D eigenvalue weighted by Gasteiger charge is 2.52. The Morgan fingerprint density at radius 1 is 1.35 bits per heavy atom. The molecule has 2 N–H and O–H groups in total. The Balaban J connectivity index is 1.39. The van der Waals surface area contributed by atoms with Crippen LogP contribution in [0.5, 0.6) is 0 Å². The molecule has 0 saturated heterocycles. The molecule has 2 aliphatic carbocycles. The summed E-state index contributed by atoms with van der Waals surface area (Å²) in [6.45, 7) is 2.58. The molecule has 0 unspecified atom stereocenters. The van der Waals surface area contributed by atoms with Crippen molar-refractivity contribution in [1.29, 1.82) is 0 Å². The lowest BCUT2D eigenvalue weighted by Gasteiger charge is -2.21. The van der Waals surface area contributed by atoms with Gasteiger partial charge in [0.2, 0.25) is 5.91 Å². The van der Waals surface area contributed by atoms with Crippen molar-refractivity contribution in [2.45, 2.75) is 50.0 Å². The number of aliphatic hydroxyl groups excluding tert-OH is 1. The molecule has 2 fully saturated rings. The predicted molar refractivity (Wildman–Crippen MR) is 97.6 cm³/mol. The zero-order valence-corrected chi connectivity index (χ0v) is 15.4. The summed E-state index contributed by atoms with van der Waals surface area (Å²) >= 11 is 0. The van der Waals surface area contributed by atoms with Crippen LogP contribution in [-0.4, -0.2) is 38.4 Å². The van der Waals surface area contributed by atoms with Crippen LogP contribution in [0.4, 0.5) is 0 Å². The van der Waals surface area contributed by atoms with E-state index in [4.69, 9.17) is 0 Å². The molecule has 2 aromatic rings. The lowest BCUT2D eigenvalue weighted by molar-refractivity contribution is -0.123. The standard InChI is InChI=1S/C20H26N4O2/c1-13-5-3-4-6-16(13)20(7-8-20)19(26)21-11-15-9-14(10-17(15)25)18-23-22-12-24(18)2/h3-6,12,14-15,17,25H,7-11H2,1-2H3,(H,21,26)/t14-,15+,17+/m0/s1. The molecule has 1 aromatic carbocycles. The van der Waals surface area contributed by atoms with Crippen molar-refractivity contribution in [3.8, 4) is 0 Å². The first kappa shape index (κ1) is 17.2. The minimum atomic E-state index is -0.411. The van der Waals surface area contributed by atoms with Gasteiger partial charge in [-0.05, 0) is 43.7 Å². The number of aromatic nitrogens is 3. The molecule has 1 heterocycles. The SMILES string of the molecule is Cc1ccccc1C1(C(=O)NC[C@H]2C[C@H](c3nncn3C)C[C@H]2O)CC1. The third-order valence-corrected chi connectivity index (χ3v) is 6.14. The normalized spacial score (nSPS) is 26.7. The first-order valence-electron chi connectivity index (χ1n) is 9.37. The predicted octanol–water partition coefficient (Wildman–Crippen LogP) is 1.83. The minimum Gasteiger partial charge on any atom is -0.393 e. The lowest BCUT2D eigenvalue weighted by atomic mass is 9.91. The number of carbonyl (C=O) groups excluding carboxylic acids is 1. The van der Waals surface area contributed by atoms with Crippen LogP contribution in [0.15, 0.2) is 30.6 Å². The van der Waals surface area contributed by atoms with Gasteiger partial charge in [0.1, 0.15) is 12.2 Å². The van der Waals surface area contributed by atoms with Gasteiger partial charge in [-0.2, -0.15) is 0 Å². The number of hydrogen-bond acceptors (Lipinski definition) is 4. The minimum absolute atomic E-state index is 0.0633. The Hall–Kier alpha value is -2.21. The molecule has 0 aliphatic heterocycles. The molecule has 0 spiro atoms. The highest BCUT2D eigenvalue weighted by molar-refractivity contribution is 5.91. The molecule has 6 nitrogen and oxygen atoms in total. The molecule has 26 heavy (non-hydrogen) atoms. The molecule has 6 heteroatoms. The Morgan fingerprint density at radius 2 is 2.12 bits per heavy atom. The summed E-state index contributed by atoms with van der Waals surface area (Å²) < 4.78 is 1.91. The summed E-state index contributed by atoms with van der Waals surface area (Å²) in [5, 5.41) is 21.7. The fourth-order valence-electron chi connectivity index (χ4n) is 4.44. The molecule has 4 rings (SSSR count). The molecule has 2 aliphatic rings. The monoisotopic (exact) mass is 354 g/mol. The van der Waals surface area contributed by atoms with E-state index in [1.807, 2.05) is 23.7 Å². The number of benzene rings is 1. The van der Waals surface area contributed by atoms with Gasteiger partial charge < -0.3 is 15.0 Å². The van der Waals surface area contributed by atoms with Crippen molar-refractivity contribution < 1.29 is 9.90 Å². The van der Waals surface area contributed by atoms with Gasteiger partial charge in [-0.1, -0.05) is 24.3 Å². The molecule has 1 aromatic heterocycles. The average molecular weight is 354 g/mol. The van der Waals surface area contributed by atoms with Gasteiger partial charge in [0.05, 0.1) is 11.5 Å². The highest BCUT2D eigenvalue weighted by Crippen LogP contribution is 2.49. The molecule has 3 atom stereocenters. The topological polar surface area (TPSA) is 80.0 Å². The zero-order chi connectivity index (χ0) is 18.3. The summed E-state index contributed by atoms with van der Waals surface area (Å²) in [5.41, 5.74) is 1.95. The largest absolute Gasteiger partial charge is 0.393 e. The van der Waals surface area contributed by atoms with Gasteiger partial charge in [0.15, 0.2) is 0 Å². The van der Waals surface area contributed by atoms with E-state index in [9.17, 15) is 9.90 Å². The number of aliphatic hydroxyl groups is 1. The van der Waals surface area contributed by atoms with Crippen LogP contribution in [-0.2, 0) is 17.3 Å². The second-order valence-electron chi connectivity index (χ2n) is 7.90. The fourth-order valence-corrected chi connectivity index (χ4v) is 4.44. The quantitative estimate of drug-likeness (QED) is 0.858. The van der Waals surface area contributed by atoms with E-state index in [0.717, 1.165) is 30.7 Å². The number of rotatable bonds is 5. The summed E-state index contributed by atoms with van der Waals surface area (Å²) in [6.07, 6.45) is 4.58. The maximum Gasteiger partial charge on any atom is 0.230 e. The van der Waals surface area contributed by atoms with E-state index in [-0.39, 0.29) is 23.2 Å². The van der Waals surface area contributed by atoms with Crippen molar-refractivity contribution in [3.05, 3.63) is 47.5 Å². The van der Waals surface area contributed by atoms with Crippen LogP contribution >= 0.6 is 0 Å². The van der Waals surface area contributed by atoms with E-state index in [1.165, 1.54) is 5.56 Å². The Morgan fingerprint density at radius 3 is 2.77 bits per heavy atom. The second kappa shape index (κ2) is 6.50. The van der Waals surface area contributed by atoms with E-state index in [0.29, 0.717) is 13.0 Å². The molecular formula is C20H26N4O2. The number of amides is 1. The molecule has 1 amide bonds. The average Bonchev–Trinajstić information content (AvgIpc) is 3.19. The third kappa shape index (κ3) is 2.92. The van der Waals surface area contributed by atoms with Crippen molar-refractivity contribution >= 4 is 5.91 Å². The third-order valence-electron chi connectivity index (χ3n) is 6.14. The van der Waals surface area contributed by atoms with Gasteiger partial charge in [-0.25, -0.2) is 0 Å². The first-order valence-corrected chi connectivity index (χ1v) is 9.37. The first-order chi connectivity index (χ1) is 12.5. The van der Waals surface area contributed by atoms with Gasteiger partial charge in [0, 0.05) is 25.4 Å². The number of nitrogens with one attached hydrogen (secondary N) is 1. The van der Waals surface area contributed by atoms with Crippen molar-refractivity contribution in [1.82, 2.24) is 20.1 Å². The summed E-state index contributed by atoms with van der Waals surface area (Å²) in [6, 6.07) is 8.14. The Kier molecular flexibility index (Phi) is 4.31. The van der Waals surface area contributed by atoms with Gasteiger partial charge in [0.25, 0.3) is 0 Å². The van der Waals surface area contributed by atoms with E-state index < -0.39 is 6.10 Å². The summed E-state index contributed by atoms with van der Waals surface area (Å²) in [5.74, 6) is 1.27. The fraction of sp³-hybridized carbons (Fsp3) is 0.550. The van der Waals surface area contributed by atoms with Gasteiger partial charge >= 0.3 is 0 Å². The van der Waals surface area contributed by atoms with Gasteiger partial charge in [-0.15, -0.1) is 10.2 Å². The van der Waals surface area contributed by atoms with E-state index in [2.05, 4.69) is 34.6 Å². The number of nitrogens with zero attached hydrogens (tertiary/aromatic N) is 3. The lowest BCUT2D eigenvalue weighted by Crippen LogP contribution is -2.39. The van der Waals surface area contributed by atoms with Crippen LogP contribution in [0.1, 0.15) is 48.6 Å².